The standard InChI is InChI=1S/C13H12IN3O2/c1-16-5-4-10(15-16)7-17-11-3-2-9(14)6-12(11)19-8-13(17)18/h2-6H,7-8H2,1H3. The summed E-state index contributed by atoms with van der Waals surface area (Å²) in [6.45, 7) is 0.552. The van der Waals surface area contributed by atoms with E-state index in [4.69, 9.17) is 4.74 Å². The molecular weight excluding hydrogens is 357 g/mol. The molecule has 1 aromatic carbocycles. The SMILES string of the molecule is Cn1ccc(CN2C(=O)COc3cc(I)ccc32)n1. The van der Waals surface area contributed by atoms with Gasteiger partial charge < -0.3 is 4.74 Å². The average molecular weight is 369 g/mol. The van der Waals surface area contributed by atoms with Crippen molar-refractivity contribution in [3.05, 3.63) is 39.7 Å². The van der Waals surface area contributed by atoms with E-state index < -0.39 is 0 Å². The number of amides is 1. The maximum Gasteiger partial charge on any atom is 0.265 e. The van der Waals surface area contributed by atoms with E-state index in [1.165, 1.54) is 0 Å². The number of nitrogens with zero attached hydrogens (tertiary/aromatic N) is 3. The number of carbonyl (C=O) groups excluding carboxylic acids is 1. The lowest BCUT2D eigenvalue weighted by Gasteiger charge is -2.28. The molecule has 1 amide bonds. The van der Waals surface area contributed by atoms with E-state index >= 15 is 0 Å². The van der Waals surface area contributed by atoms with Gasteiger partial charge in [0, 0.05) is 16.8 Å². The number of aromatic nitrogens is 2. The van der Waals surface area contributed by atoms with Crippen LogP contribution in [-0.4, -0.2) is 22.3 Å². The highest BCUT2D eigenvalue weighted by atomic mass is 127. The lowest BCUT2D eigenvalue weighted by molar-refractivity contribution is -0.121. The van der Waals surface area contributed by atoms with Gasteiger partial charge in [-0.15, -0.1) is 0 Å². The van der Waals surface area contributed by atoms with Crippen molar-refractivity contribution in [3.63, 3.8) is 0 Å². The Morgan fingerprint density at radius 3 is 3.00 bits per heavy atom. The summed E-state index contributed by atoms with van der Waals surface area (Å²) in [5.41, 5.74) is 1.67. The quantitative estimate of drug-likeness (QED) is 0.761. The molecular formula is C13H12IN3O2. The Bertz CT molecular complexity index is 639. The Labute approximate surface area is 124 Å². The number of hydrogen-bond donors (Lipinski definition) is 0. The number of halogens is 1. The van der Waals surface area contributed by atoms with Crippen LogP contribution in [0.3, 0.4) is 0 Å². The summed E-state index contributed by atoms with van der Waals surface area (Å²) in [5, 5.41) is 4.31. The number of ether oxygens (including phenoxy) is 1. The fourth-order valence-electron chi connectivity index (χ4n) is 2.06. The molecule has 0 spiro atoms. The van der Waals surface area contributed by atoms with E-state index in [9.17, 15) is 4.79 Å². The van der Waals surface area contributed by atoms with Crippen LogP contribution in [0.5, 0.6) is 5.75 Å². The maximum absolute atomic E-state index is 12.0. The van der Waals surface area contributed by atoms with Gasteiger partial charge in [-0.2, -0.15) is 5.10 Å². The highest BCUT2D eigenvalue weighted by molar-refractivity contribution is 14.1. The number of fused-ring (bicyclic) bond motifs is 1. The molecule has 0 bridgehead atoms. The van der Waals surface area contributed by atoms with Crippen LogP contribution in [0.4, 0.5) is 5.69 Å². The van der Waals surface area contributed by atoms with Crippen molar-refractivity contribution < 1.29 is 9.53 Å². The first-order valence-corrected chi connectivity index (χ1v) is 6.92. The molecule has 0 radical (unpaired) electrons. The Morgan fingerprint density at radius 2 is 2.26 bits per heavy atom. The number of hydrogen-bond acceptors (Lipinski definition) is 3. The van der Waals surface area contributed by atoms with Gasteiger partial charge in [-0.3, -0.25) is 14.4 Å². The van der Waals surface area contributed by atoms with Crippen molar-refractivity contribution in [1.82, 2.24) is 9.78 Å². The molecule has 6 heteroatoms. The lowest BCUT2D eigenvalue weighted by atomic mass is 10.2. The number of benzene rings is 1. The third kappa shape index (κ3) is 2.44. The number of aryl methyl sites for hydroxylation is 1. The van der Waals surface area contributed by atoms with Crippen LogP contribution in [0.15, 0.2) is 30.5 Å². The topological polar surface area (TPSA) is 47.4 Å². The number of carbonyl (C=O) groups is 1. The molecule has 98 valence electrons. The molecule has 1 aliphatic rings. The minimum Gasteiger partial charge on any atom is -0.482 e. The monoisotopic (exact) mass is 369 g/mol. The maximum atomic E-state index is 12.0. The molecule has 1 aliphatic heterocycles. The van der Waals surface area contributed by atoms with Crippen LogP contribution in [-0.2, 0) is 18.4 Å². The third-order valence-corrected chi connectivity index (χ3v) is 3.62. The second-order valence-corrected chi connectivity index (χ2v) is 5.61. The van der Waals surface area contributed by atoms with Crippen molar-refractivity contribution in [3.8, 4) is 5.75 Å². The number of rotatable bonds is 2. The van der Waals surface area contributed by atoms with Crippen LogP contribution in [0.25, 0.3) is 0 Å². The smallest absolute Gasteiger partial charge is 0.265 e. The highest BCUT2D eigenvalue weighted by Gasteiger charge is 2.26. The average Bonchev–Trinajstić information content (AvgIpc) is 2.78. The van der Waals surface area contributed by atoms with Crippen molar-refractivity contribution in [2.24, 2.45) is 7.05 Å². The van der Waals surface area contributed by atoms with Crippen LogP contribution < -0.4 is 9.64 Å². The van der Waals surface area contributed by atoms with Crippen molar-refractivity contribution >= 4 is 34.2 Å². The van der Waals surface area contributed by atoms with Gasteiger partial charge in [0.15, 0.2) is 6.61 Å². The summed E-state index contributed by atoms with van der Waals surface area (Å²) < 4.78 is 8.29. The summed E-state index contributed by atoms with van der Waals surface area (Å²) in [5.74, 6) is 0.710. The Morgan fingerprint density at radius 1 is 1.42 bits per heavy atom. The predicted molar refractivity (Wildman–Crippen MR) is 79.1 cm³/mol. The molecule has 0 saturated heterocycles. The largest absolute Gasteiger partial charge is 0.482 e. The molecule has 0 unspecified atom stereocenters. The minimum absolute atomic E-state index is 0.0423. The van der Waals surface area contributed by atoms with E-state index in [0.717, 1.165) is 20.7 Å². The summed E-state index contributed by atoms with van der Waals surface area (Å²) >= 11 is 2.23. The molecule has 0 aliphatic carbocycles. The Kier molecular flexibility index (Phi) is 3.17. The van der Waals surface area contributed by atoms with Crippen molar-refractivity contribution in [2.75, 3.05) is 11.5 Å². The Balaban J connectivity index is 1.94. The minimum atomic E-state index is -0.0423. The van der Waals surface area contributed by atoms with Crippen LogP contribution in [0, 0.1) is 3.57 Å². The van der Waals surface area contributed by atoms with Crippen molar-refractivity contribution in [2.45, 2.75) is 6.54 Å². The fourth-order valence-corrected chi connectivity index (χ4v) is 2.52. The summed E-state index contributed by atoms with van der Waals surface area (Å²) in [4.78, 5) is 13.7. The molecule has 5 nitrogen and oxygen atoms in total. The van der Waals surface area contributed by atoms with Crippen molar-refractivity contribution in [1.29, 1.82) is 0 Å². The van der Waals surface area contributed by atoms with Gasteiger partial charge in [-0.05, 0) is 46.9 Å². The van der Waals surface area contributed by atoms with E-state index in [-0.39, 0.29) is 12.5 Å². The van der Waals surface area contributed by atoms with E-state index in [1.807, 2.05) is 37.5 Å². The molecule has 1 aromatic heterocycles. The zero-order valence-electron chi connectivity index (χ0n) is 10.3. The Hall–Kier alpha value is -1.57. The van der Waals surface area contributed by atoms with Gasteiger partial charge in [0.25, 0.3) is 5.91 Å². The zero-order chi connectivity index (χ0) is 13.4. The van der Waals surface area contributed by atoms with E-state index in [0.29, 0.717) is 6.54 Å². The van der Waals surface area contributed by atoms with E-state index in [1.54, 1.807) is 9.58 Å². The van der Waals surface area contributed by atoms with Gasteiger partial charge in [-0.25, -0.2) is 0 Å². The van der Waals surface area contributed by atoms with Crippen LogP contribution in [0.1, 0.15) is 5.69 Å². The third-order valence-electron chi connectivity index (χ3n) is 2.95. The van der Waals surface area contributed by atoms with Crippen LogP contribution >= 0.6 is 22.6 Å². The molecule has 0 fully saturated rings. The molecule has 2 heterocycles. The molecule has 0 N–H and O–H groups in total. The fraction of sp³-hybridized carbons (Fsp3) is 0.231. The van der Waals surface area contributed by atoms with Gasteiger partial charge in [0.1, 0.15) is 5.75 Å². The van der Waals surface area contributed by atoms with Gasteiger partial charge in [-0.1, -0.05) is 0 Å². The lowest BCUT2D eigenvalue weighted by Crippen LogP contribution is -2.38. The summed E-state index contributed by atoms with van der Waals surface area (Å²) in [6.07, 6.45) is 1.87. The van der Waals surface area contributed by atoms with Crippen LogP contribution in [0.2, 0.25) is 0 Å². The second kappa shape index (κ2) is 4.84. The first-order valence-electron chi connectivity index (χ1n) is 5.85. The molecule has 0 atom stereocenters. The van der Waals surface area contributed by atoms with Gasteiger partial charge in [0.2, 0.25) is 0 Å². The van der Waals surface area contributed by atoms with Gasteiger partial charge in [0.05, 0.1) is 17.9 Å². The normalized spacial score (nSPS) is 14.2. The van der Waals surface area contributed by atoms with E-state index in [2.05, 4.69) is 27.7 Å². The zero-order valence-corrected chi connectivity index (χ0v) is 12.5. The summed E-state index contributed by atoms with van der Waals surface area (Å²) in [7, 11) is 1.86. The highest BCUT2D eigenvalue weighted by Crippen LogP contribution is 2.34. The first-order chi connectivity index (χ1) is 9.13. The molecule has 0 saturated carbocycles. The molecule has 19 heavy (non-hydrogen) atoms. The van der Waals surface area contributed by atoms with Gasteiger partial charge >= 0.3 is 0 Å². The molecule has 2 aromatic rings. The first kappa shape index (κ1) is 12.5. The summed E-state index contributed by atoms with van der Waals surface area (Å²) in [6, 6.07) is 7.73. The number of anilines is 1. The second-order valence-electron chi connectivity index (χ2n) is 4.36. The molecule has 3 rings (SSSR count). The predicted octanol–water partition coefficient (Wildman–Crippen LogP) is 1.95.